The molecule has 2 aromatic rings. The molecule has 1 aromatic carbocycles. The van der Waals surface area contributed by atoms with Crippen LogP contribution in [0.1, 0.15) is 42.9 Å². The fourth-order valence-electron chi connectivity index (χ4n) is 4.93. The molecule has 2 aliphatic heterocycles. The topological polar surface area (TPSA) is 57.7 Å². The van der Waals surface area contributed by atoms with Crippen LogP contribution in [0.25, 0.3) is 0 Å². The van der Waals surface area contributed by atoms with Crippen LogP contribution in [-0.2, 0) is 11.0 Å². The summed E-state index contributed by atoms with van der Waals surface area (Å²) in [6.45, 7) is 3.08. The zero-order valence-corrected chi connectivity index (χ0v) is 19.4. The van der Waals surface area contributed by atoms with Crippen LogP contribution in [0.5, 0.6) is 5.75 Å². The number of pyridine rings is 1. The van der Waals surface area contributed by atoms with Gasteiger partial charge < -0.3 is 15.0 Å². The second kappa shape index (κ2) is 10.6. The van der Waals surface area contributed by atoms with Gasteiger partial charge in [-0.1, -0.05) is 12.1 Å². The highest BCUT2D eigenvalue weighted by Crippen LogP contribution is 2.36. The number of amides is 1. The lowest BCUT2D eigenvalue weighted by atomic mass is 9.96. The number of ether oxygens (including phenoxy) is 1. The van der Waals surface area contributed by atoms with Crippen molar-refractivity contribution in [1.29, 1.82) is 0 Å². The Hall–Kier alpha value is -2.81. The summed E-state index contributed by atoms with van der Waals surface area (Å²) in [4.78, 5) is 21.1. The molecule has 0 bridgehead atoms. The summed E-state index contributed by atoms with van der Waals surface area (Å²) in [6, 6.07) is 10.3. The summed E-state index contributed by atoms with van der Waals surface area (Å²) in [6.07, 6.45) is 0.422. The molecule has 3 heterocycles. The van der Waals surface area contributed by atoms with Crippen molar-refractivity contribution in [3.05, 3.63) is 53.7 Å². The van der Waals surface area contributed by atoms with E-state index >= 15 is 0 Å². The van der Waals surface area contributed by atoms with Crippen molar-refractivity contribution < 1.29 is 22.7 Å². The predicted molar refractivity (Wildman–Crippen MR) is 124 cm³/mol. The van der Waals surface area contributed by atoms with E-state index in [1.54, 1.807) is 12.0 Å². The standard InChI is InChI=1S/C25H31F3N4O2/c1-34-20-10-8-18(9-11-20)22(31-13-2-3-14-31)16-30-24(33)19-6-5-15-32(17-19)23-21(25(26,27)28)7-4-12-29-23/h4,7-12,19,22H,2-3,5-6,13-17H2,1H3,(H,30,33). The zero-order valence-electron chi connectivity index (χ0n) is 19.4. The second-order valence-electron chi connectivity index (χ2n) is 8.93. The molecule has 2 unspecified atom stereocenters. The van der Waals surface area contributed by atoms with Crippen LogP contribution in [0.3, 0.4) is 0 Å². The SMILES string of the molecule is COc1ccc(C(CNC(=O)C2CCCN(c3ncccc3C(F)(F)F)C2)N2CCCC2)cc1. The lowest BCUT2D eigenvalue weighted by Crippen LogP contribution is -2.46. The van der Waals surface area contributed by atoms with Gasteiger partial charge in [0.25, 0.3) is 0 Å². The number of benzene rings is 1. The maximum Gasteiger partial charge on any atom is 0.419 e. The fraction of sp³-hybridized carbons (Fsp3) is 0.520. The van der Waals surface area contributed by atoms with E-state index in [9.17, 15) is 18.0 Å². The third kappa shape index (κ3) is 5.63. The van der Waals surface area contributed by atoms with Gasteiger partial charge >= 0.3 is 6.18 Å². The number of halogens is 3. The van der Waals surface area contributed by atoms with Gasteiger partial charge in [0.15, 0.2) is 0 Å². The second-order valence-corrected chi connectivity index (χ2v) is 8.93. The smallest absolute Gasteiger partial charge is 0.419 e. The first-order valence-corrected chi connectivity index (χ1v) is 11.8. The molecule has 2 fully saturated rings. The van der Waals surface area contributed by atoms with Crippen LogP contribution in [0.15, 0.2) is 42.6 Å². The highest BCUT2D eigenvalue weighted by atomic mass is 19.4. The number of carbonyl (C=O) groups is 1. The summed E-state index contributed by atoms with van der Waals surface area (Å²) in [5.41, 5.74) is 0.348. The largest absolute Gasteiger partial charge is 0.497 e. The van der Waals surface area contributed by atoms with Gasteiger partial charge in [-0.05, 0) is 68.6 Å². The van der Waals surface area contributed by atoms with Crippen molar-refractivity contribution in [3.8, 4) is 5.75 Å². The molecule has 2 saturated heterocycles. The molecule has 4 rings (SSSR count). The molecule has 34 heavy (non-hydrogen) atoms. The molecule has 9 heteroatoms. The highest BCUT2D eigenvalue weighted by Gasteiger charge is 2.37. The number of hydrogen-bond donors (Lipinski definition) is 1. The van der Waals surface area contributed by atoms with Crippen LogP contribution in [0.2, 0.25) is 0 Å². The van der Waals surface area contributed by atoms with Gasteiger partial charge in [-0.15, -0.1) is 0 Å². The van der Waals surface area contributed by atoms with Crippen molar-refractivity contribution >= 4 is 11.7 Å². The molecule has 1 N–H and O–H groups in total. The van der Waals surface area contributed by atoms with E-state index in [4.69, 9.17) is 4.74 Å². The van der Waals surface area contributed by atoms with Crippen LogP contribution < -0.4 is 15.0 Å². The molecule has 2 atom stereocenters. The minimum atomic E-state index is -4.49. The molecule has 0 spiro atoms. The molecule has 0 saturated carbocycles. The number of carbonyl (C=O) groups excluding carboxylic acids is 1. The van der Waals surface area contributed by atoms with Crippen molar-refractivity contribution in [1.82, 2.24) is 15.2 Å². The maximum absolute atomic E-state index is 13.5. The van der Waals surface area contributed by atoms with Gasteiger partial charge in [-0.2, -0.15) is 13.2 Å². The first kappa shape index (κ1) is 24.3. The fourth-order valence-corrected chi connectivity index (χ4v) is 4.93. The third-order valence-corrected chi connectivity index (χ3v) is 6.74. The summed E-state index contributed by atoms with van der Waals surface area (Å²) >= 11 is 0. The number of methoxy groups -OCH3 is 1. The van der Waals surface area contributed by atoms with Gasteiger partial charge in [0, 0.05) is 25.8 Å². The van der Waals surface area contributed by atoms with Crippen molar-refractivity contribution in [2.75, 3.05) is 44.7 Å². The minimum absolute atomic E-state index is 0.0460. The lowest BCUT2D eigenvalue weighted by Gasteiger charge is -2.35. The van der Waals surface area contributed by atoms with E-state index in [1.807, 2.05) is 24.3 Å². The van der Waals surface area contributed by atoms with Gasteiger partial charge in [0.2, 0.25) is 5.91 Å². The predicted octanol–water partition coefficient (Wildman–Crippen LogP) is 4.28. The Morgan fingerprint density at radius 1 is 1.15 bits per heavy atom. The molecular weight excluding hydrogens is 445 g/mol. The third-order valence-electron chi connectivity index (χ3n) is 6.74. The maximum atomic E-state index is 13.5. The van der Waals surface area contributed by atoms with Crippen LogP contribution in [-0.4, -0.2) is 55.6 Å². The number of alkyl halides is 3. The molecule has 6 nitrogen and oxygen atoms in total. The van der Waals surface area contributed by atoms with E-state index in [2.05, 4.69) is 15.2 Å². The summed E-state index contributed by atoms with van der Waals surface area (Å²) < 4.78 is 45.7. The number of rotatable bonds is 7. The van der Waals surface area contributed by atoms with Gasteiger partial charge in [-0.25, -0.2) is 4.98 Å². The number of nitrogens with one attached hydrogen (secondary N) is 1. The molecule has 1 amide bonds. The Balaban J connectivity index is 1.43. The molecule has 184 valence electrons. The number of nitrogens with zero attached hydrogens (tertiary/aromatic N) is 3. The molecule has 0 radical (unpaired) electrons. The van der Waals surface area contributed by atoms with E-state index < -0.39 is 11.7 Å². The van der Waals surface area contributed by atoms with Crippen LogP contribution in [0.4, 0.5) is 19.0 Å². The Labute approximate surface area is 198 Å². The van der Waals surface area contributed by atoms with Crippen molar-refractivity contribution in [2.24, 2.45) is 5.92 Å². The van der Waals surface area contributed by atoms with E-state index in [-0.39, 0.29) is 30.2 Å². The lowest BCUT2D eigenvalue weighted by molar-refractivity contribution is -0.137. The van der Waals surface area contributed by atoms with Gasteiger partial charge in [0.05, 0.1) is 24.6 Å². The highest BCUT2D eigenvalue weighted by molar-refractivity contribution is 5.79. The molecule has 1 aromatic heterocycles. The summed E-state index contributed by atoms with van der Waals surface area (Å²) in [5.74, 6) is 0.183. The zero-order chi connectivity index (χ0) is 24.1. The summed E-state index contributed by atoms with van der Waals surface area (Å²) in [7, 11) is 1.63. The number of anilines is 1. The van der Waals surface area contributed by atoms with E-state index in [0.717, 1.165) is 43.3 Å². The average molecular weight is 477 g/mol. The van der Waals surface area contributed by atoms with Crippen LogP contribution in [0, 0.1) is 5.92 Å². The Morgan fingerprint density at radius 3 is 2.56 bits per heavy atom. The normalized spacial score (nSPS) is 20.2. The first-order chi connectivity index (χ1) is 16.4. The number of likely N-dealkylation sites (tertiary alicyclic amines) is 1. The molecule has 0 aliphatic carbocycles. The van der Waals surface area contributed by atoms with E-state index in [1.165, 1.54) is 12.3 Å². The molecule has 2 aliphatic rings. The quantitative estimate of drug-likeness (QED) is 0.647. The monoisotopic (exact) mass is 476 g/mol. The summed E-state index contributed by atoms with van der Waals surface area (Å²) in [5, 5.41) is 3.09. The van der Waals surface area contributed by atoms with Gasteiger partial charge in [0.1, 0.15) is 11.6 Å². The first-order valence-electron chi connectivity index (χ1n) is 11.8. The van der Waals surface area contributed by atoms with E-state index in [0.29, 0.717) is 25.9 Å². The van der Waals surface area contributed by atoms with Gasteiger partial charge in [-0.3, -0.25) is 9.69 Å². The Bertz CT molecular complexity index is 961. The number of piperidine rings is 1. The number of aromatic nitrogens is 1. The average Bonchev–Trinajstić information content (AvgIpc) is 3.39. The Kier molecular flexibility index (Phi) is 7.60. The van der Waals surface area contributed by atoms with Crippen molar-refractivity contribution in [2.45, 2.75) is 37.9 Å². The number of hydrogen-bond acceptors (Lipinski definition) is 5. The van der Waals surface area contributed by atoms with Crippen molar-refractivity contribution in [3.63, 3.8) is 0 Å². The minimum Gasteiger partial charge on any atom is -0.497 e. The Morgan fingerprint density at radius 2 is 1.88 bits per heavy atom. The van der Waals surface area contributed by atoms with Crippen LogP contribution >= 0.6 is 0 Å². The molecular formula is C25H31F3N4O2.